The van der Waals surface area contributed by atoms with E-state index >= 15 is 0 Å². The van der Waals surface area contributed by atoms with Gasteiger partial charge in [0, 0.05) is 30.1 Å². The second-order valence-electron chi connectivity index (χ2n) is 8.49. The molecular weight excluding hydrogens is 468 g/mol. The summed E-state index contributed by atoms with van der Waals surface area (Å²) in [6.07, 6.45) is 3.02. The number of nitrogens with two attached hydrogens (primary N) is 1. The van der Waals surface area contributed by atoms with E-state index in [0.717, 1.165) is 0 Å². The first-order valence-corrected chi connectivity index (χ1v) is 11.0. The molecule has 0 unspecified atom stereocenters. The van der Waals surface area contributed by atoms with Crippen LogP contribution in [0.15, 0.2) is 52.6 Å². The van der Waals surface area contributed by atoms with E-state index in [2.05, 4.69) is 26.5 Å². The maximum absolute atomic E-state index is 12.7. The predicted octanol–water partition coefficient (Wildman–Crippen LogP) is 3.61. The number of halogens is 1. The molecule has 0 amide bonds. The number of hydrogen-bond acceptors (Lipinski definition) is 9. The third-order valence-electron chi connectivity index (χ3n) is 5.12. The molecule has 11 heteroatoms. The number of pyridine rings is 1. The Labute approximate surface area is 207 Å². The first-order valence-electron chi connectivity index (χ1n) is 10.6. The van der Waals surface area contributed by atoms with Gasteiger partial charge in [0.2, 0.25) is 0 Å². The van der Waals surface area contributed by atoms with E-state index in [-0.39, 0.29) is 46.7 Å². The Balaban J connectivity index is 1.93. The number of hydrogen-bond donors (Lipinski definition) is 4. The molecule has 5 N–H and O–H groups in total. The second kappa shape index (κ2) is 10.5. The van der Waals surface area contributed by atoms with Crippen LogP contribution in [0.5, 0.6) is 0 Å². The largest absolute Gasteiger partial charge is 0.389 e. The van der Waals surface area contributed by atoms with E-state index in [9.17, 15) is 15.2 Å². The number of aromatic nitrogens is 3. The summed E-state index contributed by atoms with van der Waals surface area (Å²) in [7, 11) is 0. The number of nitrogen functional groups attached to an aromatic ring is 1. The van der Waals surface area contributed by atoms with Gasteiger partial charge < -0.3 is 20.7 Å². The molecule has 3 rings (SSSR count). The Hall–Kier alpha value is -4.07. The zero-order chi connectivity index (χ0) is 25.8. The molecule has 35 heavy (non-hydrogen) atoms. The average molecular weight is 493 g/mol. The molecule has 0 atom stereocenters. The molecule has 2 aromatic heterocycles. The molecule has 3 aromatic rings. The molecule has 10 nitrogen and oxygen atoms in total. The van der Waals surface area contributed by atoms with Crippen molar-refractivity contribution in [2.24, 2.45) is 5.11 Å². The molecule has 0 spiro atoms. The first kappa shape index (κ1) is 25.6. The van der Waals surface area contributed by atoms with Gasteiger partial charge in [-0.25, -0.2) is 15.5 Å². The maximum atomic E-state index is 12.7. The molecule has 0 aliphatic carbocycles. The van der Waals surface area contributed by atoms with Crippen LogP contribution in [0.4, 0.5) is 5.82 Å². The molecule has 0 saturated heterocycles. The smallest absolute Gasteiger partial charge is 0.255 e. The number of anilines is 1. The van der Waals surface area contributed by atoms with Crippen molar-refractivity contribution in [3.05, 3.63) is 80.5 Å². The molecule has 0 bridgehead atoms. The number of benzene rings is 1. The molecular formula is C24H25ClN8O2. The zero-order valence-corrected chi connectivity index (χ0v) is 20.3. The van der Waals surface area contributed by atoms with Crippen LogP contribution in [0.3, 0.4) is 0 Å². The van der Waals surface area contributed by atoms with Gasteiger partial charge in [0.05, 0.1) is 23.8 Å². The number of nitrogens with zero attached hydrogens (tertiary/aromatic N) is 5. The topological polar surface area (TPSA) is 166 Å². The molecule has 180 valence electrons. The van der Waals surface area contributed by atoms with Crippen LogP contribution in [0.2, 0.25) is 5.02 Å². The number of nitriles is 1. The van der Waals surface area contributed by atoms with Gasteiger partial charge in [-0.2, -0.15) is 10.4 Å². The first-order chi connectivity index (χ1) is 16.6. The van der Waals surface area contributed by atoms with Gasteiger partial charge >= 0.3 is 0 Å². The van der Waals surface area contributed by atoms with Crippen molar-refractivity contribution in [1.82, 2.24) is 19.9 Å². The fourth-order valence-electron chi connectivity index (χ4n) is 3.43. The van der Waals surface area contributed by atoms with E-state index in [4.69, 9.17) is 22.9 Å². The van der Waals surface area contributed by atoms with Gasteiger partial charge in [-0.1, -0.05) is 29.8 Å². The van der Waals surface area contributed by atoms with Crippen molar-refractivity contribution >= 4 is 23.1 Å². The van der Waals surface area contributed by atoms with Crippen LogP contribution in [0, 0.1) is 23.8 Å². The zero-order valence-electron chi connectivity index (χ0n) is 19.5. The normalized spacial score (nSPS) is 11.7. The van der Waals surface area contributed by atoms with Gasteiger partial charge in [0.15, 0.2) is 5.82 Å². The van der Waals surface area contributed by atoms with E-state index in [1.807, 2.05) is 0 Å². The summed E-state index contributed by atoms with van der Waals surface area (Å²) in [4.78, 5) is 21.4. The van der Waals surface area contributed by atoms with Crippen LogP contribution in [-0.2, 0) is 13.1 Å². The average Bonchev–Trinajstić information content (AvgIpc) is 2.80. The molecule has 2 heterocycles. The lowest BCUT2D eigenvalue weighted by atomic mass is 10.0. The van der Waals surface area contributed by atoms with Crippen LogP contribution in [0.1, 0.15) is 36.2 Å². The van der Waals surface area contributed by atoms with Gasteiger partial charge in [0.1, 0.15) is 22.2 Å². The summed E-state index contributed by atoms with van der Waals surface area (Å²) in [5.74, 6) is 0.240. The van der Waals surface area contributed by atoms with E-state index in [0.29, 0.717) is 22.3 Å². The Morgan fingerprint density at radius 2 is 2.11 bits per heavy atom. The summed E-state index contributed by atoms with van der Waals surface area (Å²) < 4.78 is 1.43. The minimum absolute atomic E-state index is 0.000501. The molecule has 0 radical (unpaired) electrons. The van der Waals surface area contributed by atoms with E-state index in [1.165, 1.54) is 10.8 Å². The fraction of sp³-hybridized carbons (Fsp3) is 0.250. The van der Waals surface area contributed by atoms with Crippen molar-refractivity contribution in [1.29, 1.82) is 10.8 Å². The summed E-state index contributed by atoms with van der Waals surface area (Å²) in [6, 6.07) is 10.7. The Morgan fingerprint density at radius 1 is 1.37 bits per heavy atom. The third-order valence-corrected chi connectivity index (χ3v) is 5.50. The molecule has 0 aliphatic rings. The lowest BCUT2D eigenvalue weighted by Crippen LogP contribution is -2.34. The summed E-state index contributed by atoms with van der Waals surface area (Å²) >= 11 is 6.34. The van der Waals surface area contributed by atoms with Crippen molar-refractivity contribution in [3.63, 3.8) is 0 Å². The molecule has 0 aliphatic heterocycles. The fourth-order valence-corrected chi connectivity index (χ4v) is 3.61. The Bertz CT molecular complexity index is 1400. The van der Waals surface area contributed by atoms with Gasteiger partial charge in [0.25, 0.3) is 5.56 Å². The summed E-state index contributed by atoms with van der Waals surface area (Å²) in [6.45, 7) is 5.31. The lowest BCUT2D eigenvalue weighted by Gasteiger charge is -2.19. The van der Waals surface area contributed by atoms with Gasteiger partial charge in [-0.05, 0) is 38.5 Å². The Morgan fingerprint density at radius 3 is 2.77 bits per heavy atom. The third kappa shape index (κ3) is 5.90. The number of nitrogens with one attached hydrogen (secondary N) is 2. The minimum atomic E-state index is -1.04. The highest BCUT2D eigenvalue weighted by atomic mass is 35.5. The van der Waals surface area contributed by atoms with Crippen LogP contribution < -0.4 is 16.6 Å². The van der Waals surface area contributed by atoms with Crippen molar-refractivity contribution < 1.29 is 5.11 Å². The van der Waals surface area contributed by atoms with Crippen molar-refractivity contribution in [2.75, 3.05) is 5.73 Å². The van der Waals surface area contributed by atoms with Gasteiger partial charge in [-0.15, -0.1) is 0 Å². The van der Waals surface area contributed by atoms with E-state index in [1.54, 1.807) is 57.3 Å². The van der Waals surface area contributed by atoms with Crippen LogP contribution in [-0.4, -0.2) is 25.2 Å². The minimum Gasteiger partial charge on any atom is -0.389 e. The lowest BCUT2D eigenvalue weighted by molar-refractivity contribution is 0.0603. The SMILES string of the molecule is Cc1c(C#N)cccc1-c1nc(N)c(Cl)c(/C(=C/NCc2cccn(CC(C)(C)O)c2=O)N=N)n1. The summed E-state index contributed by atoms with van der Waals surface area (Å²) in [5, 5.41) is 25.9. The van der Waals surface area contributed by atoms with Crippen molar-refractivity contribution in [3.8, 4) is 17.5 Å². The number of aliphatic hydroxyl groups is 1. The van der Waals surface area contributed by atoms with Crippen LogP contribution >= 0.6 is 11.6 Å². The second-order valence-corrected chi connectivity index (χ2v) is 8.86. The van der Waals surface area contributed by atoms with Gasteiger partial charge in [-0.3, -0.25) is 4.79 Å². The van der Waals surface area contributed by atoms with Crippen molar-refractivity contribution in [2.45, 2.75) is 39.5 Å². The molecule has 0 fully saturated rings. The standard InChI is InChI=1S/C24H25ClN8O2/c1-14-15(10-26)6-4-8-17(14)22-30-20(19(25)21(27)31-22)18(32-28)12-29-11-16-7-5-9-33(23(16)34)13-24(2,3)35/h4-9,12,28-29,35H,11,13H2,1-3H3,(H2,27,30,31)/b18-12-,32-28?. The maximum Gasteiger partial charge on any atom is 0.255 e. The predicted molar refractivity (Wildman–Crippen MR) is 133 cm³/mol. The highest BCUT2D eigenvalue weighted by Crippen LogP contribution is 2.31. The number of rotatable bonds is 8. The molecule has 0 saturated carbocycles. The quantitative estimate of drug-likeness (QED) is 0.348. The highest BCUT2D eigenvalue weighted by Gasteiger charge is 2.18. The Kier molecular flexibility index (Phi) is 7.64. The van der Waals surface area contributed by atoms with Crippen LogP contribution in [0.25, 0.3) is 17.1 Å². The summed E-state index contributed by atoms with van der Waals surface area (Å²) in [5.41, 5.74) is 14.8. The highest BCUT2D eigenvalue weighted by molar-refractivity contribution is 6.34. The molecule has 1 aromatic carbocycles. The van der Waals surface area contributed by atoms with E-state index < -0.39 is 5.60 Å². The monoisotopic (exact) mass is 492 g/mol.